The van der Waals surface area contributed by atoms with Crippen molar-refractivity contribution >= 4 is 39.1 Å². The van der Waals surface area contributed by atoms with Crippen molar-refractivity contribution in [2.24, 2.45) is 4.99 Å². The first-order valence-electron chi connectivity index (χ1n) is 10.1. The number of rotatable bonds is 7. The fourth-order valence-corrected chi connectivity index (χ4v) is 4.25. The van der Waals surface area contributed by atoms with Crippen molar-refractivity contribution in [2.75, 3.05) is 25.6 Å². The number of esters is 1. The highest BCUT2D eigenvalue weighted by Crippen LogP contribution is 2.20. The van der Waals surface area contributed by atoms with E-state index in [4.69, 9.17) is 4.74 Å². The molecule has 30 heavy (non-hydrogen) atoms. The lowest BCUT2D eigenvalue weighted by Gasteiger charge is -2.11. The van der Waals surface area contributed by atoms with Crippen molar-refractivity contribution in [3.05, 3.63) is 58.4 Å². The van der Waals surface area contributed by atoms with Crippen molar-refractivity contribution in [3.8, 4) is 0 Å². The number of nitrogens with zero attached hydrogens (tertiary/aromatic N) is 3. The van der Waals surface area contributed by atoms with Gasteiger partial charge < -0.3 is 14.2 Å². The van der Waals surface area contributed by atoms with Crippen molar-refractivity contribution < 1.29 is 14.3 Å². The maximum atomic E-state index is 12.8. The van der Waals surface area contributed by atoms with Crippen LogP contribution in [0.2, 0.25) is 0 Å². The Morgan fingerprint density at radius 3 is 2.47 bits per heavy atom. The van der Waals surface area contributed by atoms with Gasteiger partial charge in [-0.2, -0.15) is 4.99 Å². The first-order valence-corrected chi connectivity index (χ1v) is 10.9. The van der Waals surface area contributed by atoms with Gasteiger partial charge in [0.25, 0.3) is 5.91 Å². The second-order valence-corrected chi connectivity index (χ2v) is 8.11. The Morgan fingerprint density at radius 2 is 1.83 bits per heavy atom. The fraction of sp³-hybridized carbons (Fsp3) is 0.348. The molecule has 1 aromatic heterocycles. The number of benzene rings is 2. The summed E-state index contributed by atoms with van der Waals surface area (Å²) >= 11 is 1.46. The van der Waals surface area contributed by atoms with Gasteiger partial charge in [0.2, 0.25) is 0 Å². The van der Waals surface area contributed by atoms with Crippen LogP contribution in [0, 0.1) is 0 Å². The highest BCUT2D eigenvalue weighted by atomic mass is 32.1. The van der Waals surface area contributed by atoms with Crippen molar-refractivity contribution in [1.82, 2.24) is 4.57 Å². The number of aromatic nitrogens is 1. The molecule has 0 saturated carbocycles. The number of hydrogen-bond donors (Lipinski definition) is 0. The van der Waals surface area contributed by atoms with E-state index in [1.807, 2.05) is 41.8 Å². The number of amides is 1. The maximum absolute atomic E-state index is 12.8. The van der Waals surface area contributed by atoms with E-state index in [2.05, 4.69) is 24.0 Å². The lowest BCUT2D eigenvalue weighted by molar-refractivity contribution is -0.143. The highest BCUT2D eigenvalue weighted by molar-refractivity contribution is 7.16. The largest absolute Gasteiger partial charge is 0.466 e. The van der Waals surface area contributed by atoms with Gasteiger partial charge in [-0.05, 0) is 55.3 Å². The topological polar surface area (TPSA) is 63.9 Å². The lowest BCUT2D eigenvalue weighted by Crippen LogP contribution is -2.19. The molecule has 0 saturated heterocycles. The third-order valence-electron chi connectivity index (χ3n) is 4.83. The number of hydrogen-bond acceptors (Lipinski definition) is 5. The molecule has 6 nitrogen and oxygen atoms in total. The molecule has 3 rings (SSSR count). The van der Waals surface area contributed by atoms with Crippen LogP contribution in [-0.4, -0.2) is 37.1 Å². The molecule has 0 aliphatic carbocycles. The molecule has 0 aliphatic rings. The molecule has 1 heterocycles. The van der Waals surface area contributed by atoms with Gasteiger partial charge in [0.1, 0.15) is 0 Å². The fourth-order valence-electron chi connectivity index (χ4n) is 3.13. The predicted molar refractivity (Wildman–Crippen MR) is 121 cm³/mol. The van der Waals surface area contributed by atoms with E-state index in [0.29, 0.717) is 23.5 Å². The van der Waals surface area contributed by atoms with Gasteiger partial charge in [-0.25, -0.2) is 0 Å². The Balaban J connectivity index is 2.00. The van der Waals surface area contributed by atoms with E-state index in [1.165, 1.54) is 16.9 Å². The molecule has 3 aromatic rings. The minimum atomic E-state index is -0.299. The number of fused-ring (bicyclic) bond motifs is 1. The zero-order chi connectivity index (χ0) is 21.7. The minimum absolute atomic E-state index is 0.230. The number of thiazole rings is 1. The summed E-state index contributed by atoms with van der Waals surface area (Å²) in [6.07, 6.45) is 1.16. The average Bonchev–Trinajstić information content (AvgIpc) is 3.08. The van der Waals surface area contributed by atoms with Crippen molar-refractivity contribution in [1.29, 1.82) is 0 Å². The van der Waals surface area contributed by atoms with Crippen LogP contribution < -0.4 is 9.70 Å². The molecule has 0 radical (unpaired) electrons. The summed E-state index contributed by atoms with van der Waals surface area (Å²) in [7, 11) is 3.91. The van der Waals surface area contributed by atoms with Crippen molar-refractivity contribution in [3.63, 3.8) is 0 Å². The second-order valence-electron chi connectivity index (χ2n) is 7.11. The molecule has 0 N–H and O–H groups in total. The summed E-state index contributed by atoms with van der Waals surface area (Å²) in [5.41, 5.74) is 3.74. The minimum Gasteiger partial charge on any atom is -0.466 e. The van der Waals surface area contributed by atoms with Crippen LogP contribution in [0.5, 0.6) is 0 Å². The quantitative estimate of drug-likeness (QED) is 0.536. The maximum Gasteiger partial charge on any atom is 0.307 e. The number of ether oxygens (including phenoxy) is 1. The summed E-state index contributed by atoms with van der Waals surface area (Å²) in [6, 6.07) is 13.6. The number of aryl methyl sites for hydroxylation is 2. The van der Waals surface area contributed by atoms with Crippen LogP contribution in [0.1, 0.15) is 36.2 Å². The first-order chi connectivity index (χ1) is 14.4. The third-order valence-corrected chi connectivity index (χ3v) is 5.87. The zero-order valence-corrected chi connectivity index (χ0v) is 18.7. The SMILES string of the molecule is CCOC(=O)CCn1c(=NC(=O)c2ccc(N(C)C)cc2)sc2cc(CC)ccc21. The molecule has 0 fully saturated rings. The summed E-state index contributed by atoms with van der Waals surface area (Å²) in [4.78, 5) is 31.7. The highest BCUT2D eigenvalue weighted by Gasteiger charge is 2.12. The van der Waals surface area contributed by atoms with Gasteiger partial charge in [-0.1, -0.05) is 24.3 Å². The van der Waals surface area contributed by atoms with Gasteiger partial charge in [0.05, 0.1) is 23.2 Å². The molecule has 1 amide bonds. The zero-order valence-electron chi connectivity index (χ0n) is 17.8. The van der Waals surface area contributed by atoms with Gasteiger partial charge >= 0.3 is 5.97 Å². The van der Waals surface area contributed by atoms with Crippen LogP contribution >= 0.6 is 11.3 Å². The van der Waals surface area contributed by atoms with Crippen LogP contribution in [-0.2, 0) is 22.5 Å². The Bertz CT molecular complexity index is 1110. The van der Waals surface area contributed by atoms with Gasteiger partial charge in [-0.3, -0.25) is 9.59 Å². The summed E-state index contributed by atoms with van der Waals surface area (Å²) in [6.45, 7) is 4.66. The van der Waals surface area contributed by atoms with Gasteiger partial charge in [0, 0.05) is 31.9 Å². The summed E-state index contributed by atoms with van der Waals surface area (Å²) < 4.78 is 8.04. The monoisotopic (exact) mass is 425 g/mol. The molecule has 0 aliphatic heterocycles. The number of anilines is 1. The van der Waals surface area contributed by atoms with E-state index >= 15 is 0 Å². The molecular weight excluding hydrogens is 398 g/mol. The molecule has 0 spiro atoms. The van der Waals surface area contributed by atoms with Crippen LogP contribution in [0.25, 0.3) is 10.2 Å². The van der Waals surface area contributed by atoms with Crippen LogP contribution in [0.3, 0.4) is 0 Å². The van der Waals surface area contributed by atoms with E-state index in [9.17, 15) is 9.59 Å². The number of carbonyl (C=O) groups is 2. The molecular formula is C23H27N3O3S. The normalized spacial score (nSPS) is 11.7. The molecule has 7 heteroatoms. The van der Waals surface area contributed by atoms with E-state index in [0.717, 1.165) is 22.3 Å². The van der Waals surface area contributed by atoms with Crippen LogP contribution in [0.15, 0.2) is 47.5 Å². The van der Waals surface area contributed by atoms with E-state index in [1.54, 1.807) is 19.1 Å². The molecule has 2 aromatic carbocycles. The van der Waals surface area contributed by atoms with Gasteiger partial charge in [-0.15, -0.1) is 0 Å². The summed E-state index contributed by atoms with van der Waals surface area (Å²) in [5, 5.41) is 0. The molecule has 158 valence electrons. The van der Waals surface area contributed by atoms with Gasteiger partial charge in [0.15, 0.2) is 4.80 Å². The predicted octanol–water partition coefficient (Wildman–Crippen LogP) is 4.03. The van der Waals surface area contributed by atoms with Crippen LogP contribution in [0.4, 0.5) is 5.69 Å². The second kappa shape index (κ2) is 9.71. The van der Waals surface area contributed by atoms with Crippen molar-refractivity contribution in [2.45, 2.75) is 33.2 Å². The smallest absolute Gasteiger partial charge is 0.307 e. The standard InChI is InChI=1S/C23H27N3O3S/c1-5-16-7-12-19-20(15-16)30-23(26(19)14-13-21(27)29-6-2)24-22(28)17-8-10-18(11-9-17)25(3)4/h7-12,15H,5-6,13-14H2,1-4H3. The first kappa shape index (κ1) is 21.8. The molecule has 0 atom stereocenters. The Morgan fingerprint density at radius 1 is 1.10 bits per heavy atom. The number of carbonyl (C=O) groups excluding carboxylic acids is 2. The summed E-state index contributed by atoms with van der Waals surface area (Å²) in [5.74, 6) is -0.557. The Kier molecular flexibility index (Phi) is 7.05. The molecule has 0 bridgehead atoms. The molecule has 0 unspecified atom stereocenters. The Labute approximate surface area is 180 Å². The van der Waals surface area contributed by atoms with E-state index < -0.39 is 0 Å². The lowest BCUT2D eigenvalue weighted by atomic mass is 10.2. The Hall–Kier alpha value is -2.93. The van der Waals surface area contributed by atoms with E-state index in [-0.39, 0.29) is 18.3 Å². The third kappa shape index (κ3) is 4.97. The average molecular weight is 426 g/mol.